The monoisotopic (exact) mass is 248 g/mol. The Morgan fingerprint density at radius 3 is 2.68 bits per heavy atom. The van der Waals surface area contributed by atoms with Crippen molar-refractivity contribution in [2.24, 2.45) is 7.05 Å². The summed E-state index contributed by atoms with van der Waals surface area (Å²) in [5, 5.41) is 14.2. The molecule has 0 spiro atoms. The number of pyridine rings is 1. The summed E-state index contributed by atoms with van der Waals surface area (Å²) in [7, 11) is 2.05. The summed E-state index contributed by atoms with van der Waals surface area (Å²) >= 11 is 0. The molecule has 0 aliphatic carbocycles. The Morgan fingerprint density at radius 1 is 0.947 bits per heavy atom. The van der Waals surface area contributed by atoms with E-state index in [9.17, 15) is 5.11 Å². The van der Waals surface area contributed by atoms with E-state index in [0.717, 1.165) is 21.7 Å². The van der Waals surface area contributed by atoms with Gasteiger partial charge in [0.15, 0.2) is 0 Å². The lowest BCUT2D eigenvalue weighted by molar-refractivity contribution is 0.476. The molecule has 19 heavy (non-hydrogen) atoms. The smallest absolute Gasteiger partial charge is 0.116 e. The first kappa shape index (κ1) is 10.4. The third kappa shape index (κ3) is 1.35. The minimum absolute atomic E-state index is 0.297. The molecule has 0 aliphatic heterocycles. The van der Waals surface area contributed by atoms with Crippen LogP contribution in [0.25, 0.3) is 32.6 Å². The van der Waals surface area contributed by atoms with Crippen molar-refractivity contribution in [3.8, 4) is 5.75 Å². The highest BCUT2D eigenvalue weighted by Crippen LogP contribution is 2.33. The van der Waals surface area contributed by atoms with E-state index in [1.807, 2.05) is 30.6 Å². The quantitative estimate of drug-likeness (QED) is 0.516. The fourth-order valence-electron chi connectivity index (χ4n) is 2.78. The third-order valence-corrected chi connectivity index (χ3v) is 3.75. The van der Waals surface area contributed by atoms with Gasteiger partial charge in [-0.2, -0.15) is 0 Å². The van der Waals surface area contributed by atoms with Gasteiger partial charge in [-0.1, -0.05) is 0 Å². The second-order valence-electron chi connectivity index (χ2n) is 4.85. The molecule has 0 fully saturated rings. The Bertz CT molecular complexity index is 938. The SMILES string of the molecule is Cn1c2ccc(O)cc2c2cc3cnccc3cc21. The number of rotatable bonds is 0. The summed E-state index contributed by atoms with van der Waals surface area (Å²) in [5.41, 5.74) is 2.29. The highest BCUT2D eigenvalue weighted by Gasteiger charge is 2.09. The lowest BCUT2D eigenvalue weighted by atomic mass is 10.1. The average molecular weight is 248 g/mol. The van der Waals surface area contributed by atoms with Gasteiger partial charge in [0.25, 0.3) is 0 Å². The van der Waals surface area contributed by atoms with E-state index >= 15 is 0 Å². The molecule has 92 valence electrons. The average Bonchev–Trinajstić information content (AvgIpc) is 2.69. The Kier molecular flexibility index (Phi) is 1.90. The van der Waals surface area contributed by atoms with Crippen molar-refractivity contribution in [2.75, 3.05) is 0 Å². The summed E-state index contributed by atoms with van der Waals surface area (Å²) in [4.78, 5) is 4.17. The van der Waals surface area contributed by atoms with Crippen LogP contribution in [0.5, 0.6) is 5.75 Å². The first-order chi connectivity index (χ1) is 9.24. The summed E-state index contributed by atoms with van der Waals surface area (Å²) in [6.45, 7) is 0. The first-order valence-corrected chi connectivity index (χ1v) is 6.19. The van der Waals surface area contributed by atoms with Gasteiger partial charge in [0, 0.05) is 46.6 Å². The van der Waals surface area contributed by atoms with Crippen molar-refractivity contribution in [1.29, 1.82) is 0 Å². The van der Waals surface area contributed by atoms with Gasteiger partial charge in [-0.15, -0.1) is 0 Å². The van der Waals surface area contributed by atoms with Gasteiger partial charge in [0.2, 0.25) is 0 Å². The molecule has 2 aromatic carbocycles. The molecule has 3 heteroatoms. The van der Waals surface area contributed by atoms with Crippen LogP contribution in [0.15, 0.2) is 48.8 Å². The first-order valence-electron chi connectivity index (χ1n) is 6.19. The molecular weight excluding hydrogens is 236 g/mol. The Balaban J connectivity index is 2.30. The van der Waals surface area contributed by atoms with Crippen LogP contribution in [-0.4, -0.2) is 14.7 Å². The van der Waals surface area contributed by atoms with Gasteiger partial charge in [0.05, 0.1) is 0 Å². The topological polar surface area (TPSA) is 38.0 Å². The number of aromatic hydroxyl groups is 1. The van der Waals surface area contributed by atoms with Crippen molar-refractivity contribution in [1.82, 2.24) is 9.55 Å². The van der Waals surface area contributed by atoms with Crippen LogP contribution in [0.3, 0.4) is 0 Å². The van der Waals surface area contributed by atoms with Crippen molar-refractivity contribution in [3.63, 3.8) is 0 Å². The maximum atomic E-state index is 9.69. The number of aromatic nitrogens is 2. The number of aryl methyl sites for hydroxylation is 1. The molecule has 0 bridgehead atoms. The molecular formula is C16H12N2O. The van der Waals surface area contributed by atoms with Crippen LogP contribution in [0, 0.1) is 0 Å². The predicted octanol–water partition coefficient (Wildman–Crippen LogP) is 3.59. The van der Waals surface area contributed by atoms with Gasteiger partial charge < -0.3 is 9.67 Å². The van der Waals surface area contributed by atoms with Crippen LogP contribution < -0.4 is 0 Å². The molecule has 3 nitrogen and oxygen atoms in total. The van der Waals surface area contributed by atoms with Gasteiger partial charge >= 0.3 is 0 Å². The van der Waals surface area contributed by atoms with Crippen molar-refractivity contribution in [2.45, 2.75) is 0 Å². The van der Waals surface area contributed by atoms with Crippen molar-refractivity contribution >= 4 is 32.6 Å². The predicted molar refractivity (Wildman–Crippen MR) is 77.4 cm³/mol. The molecule has 2 aromatic heterocycles. The lowest BCUT2D eigenvalue weighted by Gasteiger charge is -2.00. The zero-order valence-electron chi connectivity index (χ0n) is 10.5. The van der Waals surface area contributed by atoms with Crippen LogP contribution in [0.4, 0.5) is 0 Å². The summed E-state index contributed by atoms with van der Waals surface area (Å²) < 4.78 is 2.16. The van der Waals surface area contributed by atoms with Gasteiger partial charge in [-0.25, -0.2) is 0 Å². The number of phenols is 1. The highest BCUT2D eigenvalue weighted by molar-refractivity contribution is 6.12. The minimum Gasteiger partial charge on any atom is -0.508 e. The molecule has 0 saturated carbocycles. The molecule has 1 N–H and O–H groups in total. The molecule has 2 heterocycles. The van der Waals surface area contributed by atoms with Gasteiger partial charge in [0.1, 0.15) is 5.75 Å². The Labute approximate surface area is 109 Å². The number of benzene rings is 2. The normalized spacial score (nSPS) is 11.6. The van der Waals surface area contributed by atoms with E-state index in [2.05, 4.69) is 28.7 Å². The summed E-state index contributed by atoms with van der Waals surface area (Å²) in [6, 6.07) is 11.8. The van der Waals surface area contributed by atoms with Crippen LogP contribution >= 0.6 is 0 Å². The third-order valence-electron chi connectivity index (χ3n) is 3.75. The fraction of sp³-hybridized carbons (Fsp3) is 0.0625. The number of nitrogens with zero attached hydrogens (tertiary/aromatic N) is 2. The summed E-state index contributed by atoms with van der Waals surface area (Å²) in [5.74, 6) is 0.297. The lowest BCUT2D eigenvalue weighted by Crippen LogP contribution is -1.86. The maximum absolute atomic E-state index is 9.69. The van der Waals surface area contributed by atoms with Gasteiger partial charge in [-0.05, 0) is 41.8 Å². The standard InChI is InChI=1S/C16H12N2O/c1-18-15-3-2-12(19)8-14(15)13-6-11-9-17-5-4-10(11)7-16(13)18/h2-9,19H,1H3. The summed E-state index contributed by atoms with van der Waals surface area (Å²) in [6.07, 6.45) is 3.68. The largest absolute Gasteiger partial charge is 0.508 e. The molecule has 0 atom stereocenters. The van der Waals surface area contributed by atoms with Crippen molar-refractivity contribution < 1.29 is 5.11 Å². The molecule has 0 radical (unpaired) electrons. The second kappa shape index (κ2) is 3.48. The van der Waals surface area contributed by atoms with E-state index in [0.29, 0.717) is 5.75 Å². The fourth-order valence-corrected chi connectivity index (χ4v) is 2.78. The van der Waals surface area contributed by atoms with E-state index in [4.69, 9.17) is 0 Å². The van der Waals surface area contributed by atoms with E-state index in [1.54, 1.807) is 6.07 Å². The number of hydrogen-bond donors (Lipinski definition) is 1. The zero-order valence-corrected chi connectivity index (χ0v) is 10.5. The molecule has 4 rings (SSSR count). The number of hydrogen-bond acceptors (Lipinski definition) is 2. The Hall–Kier alpha value is -2.55. The maximum Gasteiger partial charge on any atom is 0.116 e. The second-order valence-corrected chi connectivity index (χ2v) is 4.85. The van der Waals surface area contributed by atoms with E-state index < -0.39 is 0 Å². The van der Waals surface area contributed by atoms with Crippen LogP contribution in [0.1, 0.15) is 0 Å². The molecule has 0 unspecified atom stereocenters. The molecule has 0 saturated heterocycles. The molecule has 0 aliphatic rings. The van der Waals surface area contributed by atoms with Crippen LogP contribution in [0.2, 0.25) is 0 Å². The minimum atomic E-state index is 0.297. The molecule has 4 aromatic rings. The van der Waals surface area contributed by atoms with Crippen LogP contribution in [-0.2, 0) is 7.05 Å². The zero-order chi connectivity index (χ0) is 13.0. The molecule has 0 amide bonds. The number of phenolic OH excluding ortho intramolecular Hbond substituents is 1. The van der Waals surface area contributed by atoms with Gasteiger partial charge in [-0.3, -0.25) is 4.98 Å². The highest BCUT2D eigenvalue weighted by atomic mass is 16.3. The number of fused-ring (bicyclic) bond motifs is 4. The Morgan fingerprint density at radius 2 is 1.79 bits per heavy atom. The van der Waals surface area contributed by atoms with E-state index in [1.165, 1.54) is 10.9 Å². The van der Waals surface area contributed by atoms with E-state index in [-0.39, 0.29) is 0 Å². The van der Waals surface area contributed by atoms with Crippen molar-refractivity contribution in [3.05, 3.63) is 48.8 Å².